The zero-order valence-electron chi connectivity index (χ0n) is 12.5. The van der Waals surface area contributed by atoms with Crippen LogP contribution in [-0.4, -0.2) is 60.6 Å². The molecule has 2 fully saturated rings. The van der Waals surface area contributed by atoms with Crippen molar-refractivity contribution in [3.8, 4) is 5.75 Å². The lowest BCUT2D eigenvalue weighted by Gasteiger charge is -2.21. The molecule has 8 heteroatoms. The SMILES string of the molecule is COc1ccc(Cl)cc1C(=O)N1CCC(N2C(=O)COC2=O)C1. The van der Waals surface area contributed by atoms with Crippen molar-refractivity contribution in [1.82, 2.24) is 9.80 Å². The first-order chi connectivity index (χ1) is 11.0. The zero-order valence-corrected chi connectivity index (χ0v) is 13.2. The van der Waals surface area contributed by atoms with E-state index in [2.05, 4.69) is 0 Å². The van der Waals surface area contributed by atoms with Gasteiger partial charge in [-0.25, -0.2) is 9.69 Å². The van der Waals surface area contributed by atoms with Crippen molar-refractivity contribution in [3.05, 3.63) is 28.8 Å². The molecule has 0 aromatic heterocycles. The maximum Gasteiger partial charge on any atom is 0.417 e. The number of ether oxygens (including phenoxy) is 2. The Morgan fingerprint density at radius 2 is 2.17 bits per heavy atom. The molecule has 3 amide bonds. The topological polar surface area (TPSA) is 76.2 Å². The summed E-state index contributed by atoms with van der Waals surface area (Å²) >= 11 is 5.95. The van der Waals surface area contributed by atoms with Gasteiger partial charge in [-0.2, -0.15) is 0 Å². The third-order valence-electron chi connectivity index (χ3n) is 3.99. The molecule has 122 valence electrons. The highest BCUT2D eigenvalue weighted by atomic mass is 35.5. The number of hydrogen-bond donors (Lipinski definition) is 0. The summed E-state index contributed by atoms with van der Waals surface area (Å²) in [6.45, 7) is 0.483. The fourth-order valence-electron chi connectivity index (χ4n) is 2.87. The van der Waals surface area contributed by atoms with Gasteiger partial charge in [-0.05, 0) is 24.6 Å². The molecule has 1 atom stereocenters. The second kappa shape index (κ2) is 6.08. The van der Waals surface area contributed by atoms with E-state index in [4.69, 9.17) is 21.1 Å². The van der Waals surface area contributed by atoms with Crippen molar-refractivity contribution in [2.24, 2.45) is 0 Å². The number of carbonyl (C=O) groups excluding carboxylic acids is 3. The molecule has 0 spiro atoms. The normalized spacial score (nSPS) is 20.9. The van der Waals surface area contributed by atoms with E-state index in [0.29, 0.717) is 29.3 Å². The van der Waals surface area contributed by atoms with Crippen molar-refractivity contribution in [1.29, 1.82) is 0 Å². The van der Waals surface area contributed by atoms with E-state index in [1.807, 2.05) is 0 Å². The molecule has 1 aromatic rings. The van der Waals surface area contributed by atoms with Crippen molar-refractivity contribution in [2.75, 3.05) is 26.8 Å². The van der Waals surface area contributed by atoms with Gasteiger partial charge in [0.25, 0.3) is 11.8 Å². The Balaban J connectivity index is 1.76. The summed E-state index contributed by atoms with van der Waals surface area (Å²) in [5.74, 6) is -0.180. The van der Waals surface area contributed by atoms with Gasteiger partial charge in [0.2, 0.25) is 0 Å². The number of benzene rings is 1. The molecular formula is C15H15ClN2O5. The van der Waals surface area contributed by atoms with Crippen LogP contribution in [0.2, 0.25) is 5.02 Å². The van der Waals surface area contributed by atoms with Gasteiger partial charge >= 0.3 is 6.09 Å². The molecule has 3 rings (SSSR count). The highest BCUT2D eigenvalue weighted by Crippen LogP contribution is 2.27. The molecule has 2 saturated heterocycles. The Morgan fingerprint density at radius 1 is 1.39 bits per heavy atom. The average Bonchev–Trinajstić information content (AvgIpc) is 3.13. The summed E-state index contributed by atoms with van der Waals surface area (Å²) in [6.07, 6.45) is -0.121. The Bertz CT molecular complexity index is 662. The first kappa shape index (κ1) is 15.6. The van der Waals surface area contributed by atoms with Crippen LogP contribution < -0.4 is 4.74 Å². The smallest absolute Gasteiger partial charge is 0.417 e. The van der Waals surface area contributed by atoms with E-state index in [-0.39, 0.29) is 31.0 Å². The highest BCUT2D eigenvalue weighted by Gasteiger charge is 2.41. The second-order valence-corrected chi connectivity index (χ2v) is 5.79. The summed E-state index contributed by atoms with van der Waals surface area (Å²) in [4.78, 5) is 38.7. The van der Waals surface area contributed by atoms with Crippen LogP contribution in [0.1, 0.15) is 16.8 Å². The van der Waals surface area contributed by atoms with Crippen LogP contribution >= 0.6 is 11.6 Å². The molecule has 0 bridgehead atoms. The highest BCUT2D eigenvalue weighted by molar-refractivity contribution is 6.31. The molecule has 0 radical (unpaired) electrons. The number of nitrogens with zero attached hydrogens (tertiary/aromatic N) is 2. The summed E-state index contributed by atoms with van der Waals surface area (Å²) in [6, 6.07) is 4.46. The lowest BCUT2D eigenvalue weighted by atomic mass is 10.1. The number of halogens is 1. The van der Waals surface area contributed by atoms with Crippen LogP contribution in [-0.2, 0) is 9.53 Å². The minimum atomic E-state index is -0.644. The fraction of sp³-hybridized carbons (Fsp3) is 0.400. The van der Waals surface area contributed by atoms with Gasteiger partial charge in [0, 0.05) is 18.1 Å². The zero-order chi connectivity index (χ0) is 16.6. The van der Waals surface area contributed by atoms with E-state index < -0.39 is 6.09 Å². The molecule has 1 unspecified atom stereocenters. The van der Waals surface area contributed by atoms with E-state index in [1.54, 1.807) is 23.1 Å². The van der Waals surface area contributed by atoms with Crippen molar-refractivity contribution < 1.29 is 23.9 Å². The minimum Gasteiger partial charge on any atom is -0.496 e. The fourth-order valence-corrected chi connectivity index (χ4v) is 3.04. The van der Waals surface area contributed by atoms with Crippen molar-refractivity contribution in [3.63, 3.8) is 0 Å². The largest absolute Gasteiger partial charge is 0.496 e. The van der Waals surface area contributed by atoms with Gasteiger partial charge in [0.1, 0.15) is 5.75 Å². The number of likely N-dealkylation sites (tertiary alicyclic amines) is 1. The average molecular weight is 339 g/mol. The molecule has 1 aromatic carbocycles. The third kappa shape index (κ3) is 2.84. The van der Waals surface area contributed by atoms with Gasteiger partial charge in [-0.1, -0.05) is 11.6 Å². The van der Waals surface area contributed by atoms with Crippen LogP contribution in [0, 0.1) is 0 Å². The minimum absolute atomic E-state index is 0.231. The van der Waals surface area contributed by atoms with Gasteiger partial charge in [-0.15, -0.1) is 0 Å². The Morgan fingerprint density at radius 3 is 2.83 bits per heavy atom. The molecule has 7 nitrogen and oxygen atoms in total. The summed E-state index contributed by atoms with van der Waals surface area (Å²) < 4.78 is 9.92. The number of imide groups is 1. The summed E-state index contributed by atoms with van der Waals surface area (Å²) in [5, 5.41) is 0.434. The van der Waals surface area contributed by atoms with Crippen LogP contribution in [0.4, 0.5) is 4.79 Å². The van der Waals surface area contributed by atoms with E-state index in [0.717, 1.165) is 4.90 Å². The predicted octanol–water partition coefficient (Wildman–Crippen LogP) is 1.54. The molecule has 2 aliphatic heterocycles. The number of cyclic esters (lactones) is 1. The lowest BCUT2D eigenvalue weighted by molar-refractivity contribution is -0.127. The number of hydrogen-bond acceptors (Lipinski definition) is 5. The van der Waals surface area contributed by atoms with E-state index in [1.165, 1.54) is 7.11 Å². The van der Waals surface area contributed by atoms with E-state index >= 15 is 0 Å². The van der Waals surface area contributed by atoms with Crippen LogP contribution in [0.15, 0.2) is 18.2 Å². The first-order valence-corrected chi connectivity index (χ1v) is 7.50. The van der Waals surface area contributed by atoms with Gasteiger partial charge in [0.05, 0.1) is 18.7 Å². The molecular weight excluding hydrogens is 324 g/mol. The van der Waals surface area contributed by atoms with Crippen LogP contribution in [0.3, 0.4) is 0 Å². The van der Waals surface area contributed by atoms with Gasteiger partial charge < -0.3 is 14.4 Å². The van der Waals surface area contributed by atoms with Gasteiger partial charge in [-0.3, -0.25) is 9.59 Å². The van der Waals surface area contributed by atoms with Crippen molar-refractivity contribution in [2.45, 2.75) is 12.5 Å². The summed E-state index contributed by atoms with van der Waals surface area (Å²) in [7, 11) is 1.48. The summed E-state index contributed by atoms with van der Waals surface area (Å²) in [5.41, 5.74) is 0.357. The van der Waals surface area contributed by atoms with Gasteiger partial charge in [0.15, 0.2) is 6.61 Å². The quantitative estimate of drug-likeness (QED) is 0.835. The second-order valence-electron chi connectivity index (χ2n) is 5.36. The predicted molar refractivity (Wildman–Crippen MR) is 80.5 cm³/mol. The lowest BCUT2D eigenvalue weighted by Crippen LogP contribution is -2.42. The molecule has 2 aliphatic rings. The number of methoxy groups -OCH3 is 1. The monoisotopic (exact) mass is 338 g/mol. The molecule has 0 aliphatic carbocycles. The number of carbonyl (C=O) groups is 3. The molecule has 2 heterocycles. The maximum atomic E-state index is 12.7. The van der Waals surface area contributed by atoms with E-state index in [9.17, 15) is 14.4 Å². The molecule has 0 saturated carbocycles. The molecule has 0 N–H and O–H groups in total. The Labute approximate surface area is 137 Å². The number of rotatable bonds is 3. The Kier molecular flexibility index (Phi) is 4.12. The standard InChI is InChI=1S/C15H15ClN2O5/c1-22-12-3-2-9(16)6-11(12)14(20)17-5-4-10(7-17)18-13(19)8-23-15(18)21/h2-3,6,10H,4-5,7-8H2,1H3. The first-order valence-electron chi connectivity index (χ1n) is 7.13. The molecule has 23 heavy (non-hydrogen) atoms. The maximum absolute atomic E-state index is 12.7. The number of amides is 3. The Hall–Kier alpha value is -2.28. The third-order valence-corrected chi connectivity index (χ3v) is 4.23. The van der Waals surface area contributed by atoms with Crippen LogP contribution in [0.5, 0.6) is 5.75 Å². The van der Waals surface area contributed by atoms with Crippen molar-refractivity contribution >= 4 is 29.5 Å². The van der Waals surface area contributed by atoms with Crippen LogP contribution in [0.25, 0.3) is 0 Å².